The number of aryl methyl sites for hydroxylation is 1. The lowest BCUT2D eigenvalue weighted by atomic mass is 10.1. The standard InChI is InChI=1S/C12H11ClN2O2/c1-15-12(8(7-16)6-14-15)10-5-9(13)3-4-11(10)17-2/h3-7H,1-2H3. The van der Waals surface area contributed by atoms with Crippen molar-refractivity contribution in [1.82, 2.24) is 9.78 Å². The van der Waals surface area contributed by atoms with Gasteiger partial charge < -0.3 is 4.74 Å². The largest absolute Gasteiger partial charge is 0.496 e. The minimum atomic E-state index is 0.507. The normalized spacial score (nSPS) is 10.3. The number of carbonyl (C=O) groups is 1. The highest BCUT2D eigenvalue weighted by Crippen LogP contribution is 2.33. The molecule has 0 bridgehead atoms. The van der Waals surface area contributed by atoms with Crippen LogP contribution in [0.3, 0.4) is 0 Å². The van der Waals surface area contributed by atoms with E-state index in [1.54, 1.807) is 37.0 Å². The highest BCUT2D eigenvalue weighted by atomic mass is 35.5. The third kappa shape index (κ3) is 2.03. The van der Waals surface area contributed by atoms with Crippen LogP contribution in [0.5, 0.6) is 5.75 Å². The summed E-state index contributed by atoms with van der Waals surface area (Å²) in [4.78, 5) is 11.0. The summed E-state index contributed by atoms with van der Waals surface area (Å²) in [6.45, 7) is 0. The van der Waals surface area contributed by atoms with E-state index in [2.05, 4.69) is 5.10 Å². The van der Waals surface area contributed by atoms with Gasteiger partial charge in [0.25, 0.3) is 0 Å². The van der Waals surface area contributed by atoms with Crippen LogP contribution in [0.2, 0.25) is 5.02 Å². The zero-order valence-electron chi connectivity index (χ0n) is 9.48. The molecule has 17 heavy (non-hydrogen) atoms. The first kappa shape index (κ1) is 11.7. The van der Waals surface area contributed by atoms with E-state index in [0.717, 1.165) is 11.8 Å². The summed E-state index contributed by atoms with van der Waals surface area (Å²) in [6.07, 6.45) is 2.28. The summed E-state index contributed by atoms with van der Waals surface area (Å²) in [7, 11) is 3.34. The second kappa shape index (κ2) is 4.59. The van der Waals surface area contributed by atoms with Gasteiger partial charge in [-0.15, -0.1) is 0 Å². The lowest BCUT2D eigenvalue weighted by Crippen LogP contribution is -1.97. The Morgan fingerprint density at radius 2 is 2.24 bits per heavy atom. The van der Waals surface area contributed by atoms with Crippen LogP contribution in [0.4, 0.5) is 0 Å². The van der Waals surface area contributed by atoms with E-state index in [0.29, 0.717) is 22.0 Å². The summed E-state index contributed by atoms with van der Waals surface area (Å²) < 4.78 is 6.89. The van der Waals surface area contributed by atoms with Gasteiger partial charge in [0.2, 0.25) is 0 Å². The predicted octanol–water partition coefficient (Wildman–Crippen LogP) is 2.56. The van der Waals surface area contributed by atoms with Gasteiger partial charge in [-0.2, -0.15) is 5.10 Å². The van der Waals surface area contributed by atoms with Crippen molar-refractivity contribution in [2.24, 2.45) is 7.05 Å². The third-order valence-corrected chi connectivity index (χ3v) is 2.75. The molecule has 1 aromatic heterocycles. The predicted molar refractivity (Wildman–Crippen MR) is 65.6 cm³/mol. The summed E-state index contributed by atoms with van der Waals surface area (Å²) >= 11 is 5.97. The molecule has 0 aliphatic carbocycles. The van der Waals surface area contributed by atoms with Crippen LogP contribution in [0.15, 0.2) is 24.4 Å². The van der Waals surface area contributed by atoms with Crippen molar-refractivity contribution >= 4 is 17.9 Å². The van der Waals surface area contributed by atoms with E-state index in [1.807, 2.05) is 0 Å². The fraction of sp³-hybridized carbons (Fsp3) is 0.167. The smallest absolute Gasteiger partial charge is 0.153 e. The molecule has 1 heterocycles. The maximum absolute atomic E-state index is 11.0. The number of rotatable bonds is 3. The Labute approximate surface area is 104 Å². The van der Waals surface area contributed by atoms with Crippen molar-refractivity contribution < 1.29 is 9.53 Å². The number of aromatic nitrogens is 2. The second-order valence-electron chi connectivity index (χ2n) is 3.53. The minimum Gasteiger partial charge on any atom is -0.496 e. The first-order valence-corrected chi connectivity index (χ1v) is 5.36. The van der Waals surface area contributed by atoms with Gasteiger partial charge in [-0.05, 0) is 18.2 Å². The van der Waals surface area contributed by atoms with Gasteiger partial charge >= 0.3 is 0 Å². The Hall–Kier alpha value is -1.81. The van der Waals surface area contributed by atoms with Crippen molar-refractivity contribution in [1.29, 1.82) is 0 Å². The van der Waals surface area contributed by atoms with Crippen LogP contribution < -0.4 is 4.74 Å². The molecule has 4 nitrogen and oxygen atoms in total. The number of ether oxygens (including phenoxy) is 1. The second-order valence-corrected chi connectivity index (χ2v) is 3.97. The number of halogens is 1. The van der Waals surface area contributed by atoms with Gasteiger partial charge in [0.05, 0.1) is 24.6 Å². The van der Waals surface area contributed by atoms with Crippen molar-refractivity contribution in [3.05, 3.63) is 35.0 Å². The summed E-state index contributed by atoms with van der Waals surface area (Å²) in [5.74, 6) is 0.654. The number of benzene rings is 1. The SMILES string of the molecule is COc1ccc(Cl)cc1-c1c(C=O)cnn1C. The average Bonchev–Trinajstić information content (AvgIpc) is 2.70. The van der Waals surface area contributed by atoms with Crippen LogP contribution in [-0.4, -0.2) is 23.2 Å². The molecule has 0 fully saturated rings. The van der Waals surface area contributed by atoms with Gasteiger partial charge in [-0.25, -0.2) is 0 Å². The van der Waals surface area contributed by atoms with Gasteiger partial charge in [0, 0.05) is 17.6 Å². The van der Waals surface area contributed by atoms with E-state index in [9.17, 15) is 4.79 Å². The summed E-state index contributed by atoms with van der Waals surface area (Å²) in [5.41, 5.74) is 1.95. The van der Waals surface area contributed by atoms with Gasteiger partial charge in [-0.3, -0.25) is 9.48 Å². The highest BCUT2D eigenvalue weighted by molar-refractivity contribution is 6.31. The molecule has 2 aromatic rings. The Balaban J connectivity index is 2.70. The van der Waals surface area contributed by atoms with E-state index in [-0.39, 0.29) is 0 Å². The van der Waals surface area contributed by atoms with Crippen LogP contribution in [0, 0.1) is 0 Å². The average molecular weight is 251 g/mol. The number of hydrogen-bond donors (Lipinski definition) is 0. The Kier molecular flexibility index (Phi) is 3.15. The van der Waals surface area contributed by atoms with Crippen LogP contribution in [-0.2, 0) is 7.05 Å². The molecule has 0 saturated heterocycles. The van der Waals surface area contributed by atoms with Gasteiger partial charge in [0.1, 0.15) is 5.75 Å². The first-order chi connectivity index (χ1) is 8.17. The van der Waals surface area contributed by atoms with Crippen molar-refractivity contribution in [3.63, 3.8) is 0 Å². The Morgan fingerprint density at radius 3 is 2.88 bits per heavy atom. The van der Waals surface area contributed by atoms with Crippen LogP contribution >= 0.6 is 11.6 Å². The molecule has 0 unspecified atom stereocenters. The zero-order valence-corrected chi connectivity index (χ0v) is 10.2. The molecule has 0 radical (unpaired) electrons. The molecular weight excluding hydrogens is 240 g/mol. The molecule has 0 N–H and O–H groups in total. The van der Waals surface area contributed by atoms with Gasteiger partial charge in [-0.1, -0.05) is 11.6 Å². The fourth-order valence-corrected chi connectivity index (χ4v) is 1.91. The molecule has 2 rings (SSSR count). The topological polar surface area (TPSA) is 44.1 Å². The van der Waals surface area contributed by atoms with E-state index in [4.69, 9.17) is 16.3 Å². The van der Waals surface area contributed by atoms with Crippen molar-refractivity contribution in [3.8, 4) is 17.0 Å². The number of nitrogens with zero attached hydrogens (tertiary/aromatic N) is 2. The van der Waals surface area contributed by atoms with E-state index in [1.165, 1.54) is 6.20 Å². The molecule has 0 amide bonds. The molecule has 0 aliphatic rings. The molecule has 0 spiro atoms. The van der Waals surface area contributed by atoms with E-state index >= 15 is 0 Å². The number of hydrogen-bond acceptors (Lipinski definition) is 3. The highest BCUT2D eigenvalue weighted by Gasteiger charge is 2.15. The monoisotopic (exact) mass is 250 g/mol. The van der Waals surface area contributed by atoms with Crippen LogP contribution in [0.25, 0.3) is 11.3 Å². The van der Waals surface area contributed by atoms with Crippen LogP contribution in [0.1, 0.15) is 10.4 Å². The zero-order chi connectivity index (χ0) is 12.4. The maximum atomic E-state index is 11.0. The molecule has 88 valence electrons. The molecule has 1 aromatic carbocycles. The van der Waals surface area contributed by atoms with Crippen molar-refractivity contribution in [2.75, 3.05) is 7.11 Å². The number of methoxy groups -OCH3 is 1. The molecule has 0 aliphatic heterocycles. The first-order valence-electron chi connectivity index (χ1n) is 4.98. The minimum absolute atomic E-state index is 0.507. The number of aldehydes is 1. The number of carbonyl (C=O) groups excluding carboxylic acids is 1. The van der Waals surface area contributed by atoms with Crippen molar-refractivity contribution in [2.45, 2.75) is 0 Å². The third-order valence-electron chi connectivity index (χ3n) is 2.51. The lowest BCUT2D eigenvalue weighted by Gasteiger charge is -2.10. The van der Waals surface area contributed by atoms with Gasteiger partial charge in [0.15, 0.2) is 6.29 Å². The quantitative estimate of drug-likeness (QED) is 0.787. The molecule has 0 atom stereocenters. The molecule has 0 saturated carbocycles. The Bertz CT molecular complexity index is 564. The molecule has 5 heteroatoms. The molecular formula is C12H11ClN2O2. The van der Waals surface area contributed by atoms with E-state index < -0.39 is 0 Å². The Morgan fingerprint density at radius 1 is 1.47 bits per heavy atom. The maximum Gasteiger partial charge on any atom is 0.153 e. The summed E-state index contributed by atoms with van der Waals surface area (Å²) in [5, 5.41) is 4.64. The summed E-state index contributed by atoms with van der Waals surface area (Å²) in [6, 6.07) is 5.25. The fourth-order valence-electron chi connectivity index (χ4n) is 1.74. The lowest BCUT2D eigenvalue weighted by molar-refractivity contribution is 0.112.